The highest BCUT2D eigenvalue weighted by molar-refractivity contribution is 7.18. The molecule has 1 aromatic heterocycles. The van der Waals surface area contributed by atoms with Crippen molar-refractivity contribution < 1.29 is 14.3 Å². The molecule has 3 aromatic rings. The number of ether oxygens (including phenoxy) is 1. The van der Waals surface area contributed by atoms with Gasteiger partial charge < -0.3 is 15.4 Å². The smallest absolute Gasteiger partial charge is 0.260 e. The molecule has 2 aromatic carbocycles. The minimum Gasteiger partial charge on any atom is -0.477 e. The van der Waals surface area contributed by atoms with E-state index in [1.165, 1.54) is 0 Å². The molecule has 5 rings (SSSR count). The molecule has 0 bridgehead atoms. The first-order valence-electron chi connectivity index (χ1n) is 10.6. The van der Waals surface area contributed by atoms with Crippen LogP contribution in [0, 0.1) is 0 Å². The van der Waals surface area contributed by atoms with Gasteiger partial charge in [-0.2, -0.15) is 0 Å². The minimum atomic E-state index is -0.841. The number of nitrogens with zero attached hydrogens (tertiary/aromatic N) is 3. The molecule has 1 unspecified atom stereocenters. The summed E-state index contributed by atoms with van der Waals surface area (Å²) in [4.78, 5) is 33.4. The van der Waals surface area contributed by atoms with Gasteiger partial charge in [-0.3, -0.25) is 14.5 Å². The van der Waals surface area contributed by atoms with Crippen molar-refractivity contribution in [3.63, 3.8) is 0 Å². The zero-order valence-corrected chi connectivity index (χ0v) is 18.9. The summed E-state index contributed by atoms with van der Waals surface area (Å²) in [6.07, 6.45) is 1.06. The number of para-hydroxylation sites is 2. The molecule has 0 saturated carbocycles. The number of benzene rings is 2. The van der Waals surface area contributed by atoms with Crippen molar-refractivity contribution in [2.75, 3.05) is 31.1 Å². The lowest BCUT2D eigenvalue weighted by Gasteiger charge is -2.36. The number of nitrogens with two attached hydrogens (primary N) is 1. The summed E-state index contributed by atoms with van der Waals surface area (Å²) in [5.74, 6) is 0.266. The standard InChI is InChI=1S/C23H23ClN4O3S/c24-15-5-6-20-16(11-15)26-23(32-20)14-7-9-27(10-8-14)13-21(29)28-12-19(22(25)30)31-18-4-2-1-3-17(18)28/h1-6,11,14,19H,7-10,12-13H2,(H2,25,30). The van der Waals surface area contributed by atoms with Crippen molar-refractivity contribution in [1.82, 2.24) is 9.88 Å². The average molecular weight is 471 g/mol. The van der Waals surface area contributed by atoms with Crippen molar-refractivity contribution in [2.45, 2.75) is 24.9 Å². The van der Waals surface area contributed by atoms with E-state index in [1.807, 2.05) is 36.4 Å². The molecule has 3 heterocycles. The Hall–Kier alpha value is -2.68. The van der Waals surface area contributed by atoms with Gasteiger partial charge in [0.2, 0.25) is 5.91 Å². The molecule has 0 spiro atoms. The molecular weight excluding hydrogens is 448 g/mol. The Morgan fingerprint density at radius 1 is 1.19 bits per heavy atom. The van der Waals surface area contributed by atoms with E-state index in [0.29, 0.717) is 28.9 Å². The molecule has 7 nitrogen and oxygen atoms in total. The van der Waals surface area contributed by atoms with Gasteiger partial charge in [0, 0.05) is 10.9 Å². The number of aromatic nitrogens is 1. The van der Waals surface area contributed by atoms with Crippen LogP contribution in [-0.4, -0.2) is 54.0 Å². The number of carbonyl (C=O) groups is 2. The SMILES string of the molecule is NC(=O)C1CN(C(=O)CN2CCC(c3nc4cc(Cl)ccc4s3)CC2)c2ccccc2O1. The largest absolute Gasteiger partial charge is 0.477 e. The molecule has 1 saturated heterocycles. The zero-order chi connectivity index (χ0) is 22.2. The van der Waals surface area contributed by atoms with Crippen LogP contribution in [0.4, 0.5) is 5.69 Å². The Balaban J connectivity index is 1.24. The Kier molecular flexibility index (Phi) is 5.75. The molecule has 2 amide bonds. The lowest BCUT2D eigenvalue weighted by Crippen LogP contribution is -2.52. The van der Waals surface area contributed by atoms with Crippen LogP contribution in [0.3, 0.4) is 0 Å². The van der Waals surface area contributed by atoms with E-state index in [4.69, 9.17) is 27.1 Å². The lowest BCUT2D eigenvalue weighted by molar-refractivity contribution is -0.125. The first kappa shape index (κ1) is 21.2. The van der Waals surface area contributed by atoms with Gasteiger partial charge in [-0.25, -0.2) is 4.98 Å². The molecule has 2 aliphatic heterocycles. The number of thiazole rings is 1. The molecule has 2 N–H and O–H groups in total. The highest BCUT2D eigenvalue weighted by Crippen LogP contribution is 2.36. The van der Waals surface area contributed by atoms with E-state index in [-0.39, 0.29) is 12.5 Å². The Bertz CT molecular complexity index is 1180. The quantitative estimate of drug-likeness (QED) is 0.631. The summed E-state index contributed by atoms with van der Waals surface area (Å²) in [5.41, 5.74) is 7.08. The van der Waals surface area contributed by atoms with E-state index >= 15 is 0 Å². The second kappa shape index (κ2) is 8.69. The second-order valence-corrected chi connectivity index (χ2v) is 9.69. The molecule has 1 atom stereocenters. The van der Waals surface area contributed by atoms with Crippen LogP contribution < -0.4 is 15.4 Å². The Morgan fingerprint density at radius 2 is 1.97 bits per heavy atom. The highest BCUT2D eigenvalue weighted by atomic mass is 35.5. The topological polar surface area (TPSA) is 88.8 Å². The number of amides is 2. The third kappa shape index (κ3) is 4.18. The van der Waals surface area contributed by atoms with Gasteiger partial charge in [-0.05, 0) is 56.3 Å². The van der Waals surface area contributed by atoms with E-state index in [1.54, 1.807) is 22.3 Å². The van der Waals surface area contributed by atoms with Crippen LogP contribution >= 0.6 is 22.9 Å². The van der Waals surface area contributed by atoms with Crippen molar-refractivity contribution in [3.05, 3.63) is 52.5 Å². The van der Waals surface area contributed by atoms with Crippen LogP contribution in [0.1, 0.15) is 23.8 Å². The maximum absolute atomic E-state index is 13.2. The first-order valence-corrected chi connectivity index (χ1v) is 11.8. The van der Waals surface area contributed by atoms with Gasteiger partial charge in [0.1, 0.15) is 5.75 Å². The van der Waals surface area contributed by atoms with Crippen molar-refractivity contribution in [2.24, 2.45) is 5.73 Å². The van der Waals surface area contributed by atoms with Crippen LogP contribution in [-0.2, 0) is 9.59 Å². The van der Waals surface area contributed by atoms with E-state index in [2.05, 4.69) is 4.90 Å². The molecule has 0 radical (unpaired) electrons. The monoisotopic (exact) mass is 470 g/mol. The van der Waals surface area contributed by atoms with Crippen LogP contribution in [0.5, 0.6) is 5.75 Å². The number of hydrogen-bond acceptors (Lipinski definition) is 6. The number of primary amides is 1. The van der Waals surface area contributed by atoms with E-state index in [0.717, 1.165) is 41.2 Å². The van der Waals surface area contributed by atoms with Crippen LogP contribution in [0.2, 0.25) is 5.02 Å². The fraction of sp³-hybridized carbons (Fsp3) is 0.348. The van der Waals surface area contributed by atoms with E-state index < -0.39 is 12.0 Å². The maximum Gasteiger partial charge on any atom is 0.260 e. The number of halogens is 1. The van der Waals surface area contributed by atoms with E-state index in [9.17, 15) is 9.59 Å². The second-order valence-electron chi connectivity index (χ2n) is 8.20. The van der Waals surface area contributed by atoms with Gasteiger partial charge in [-0.15, -0.1) is 11.3 Å². The Labute approximate surface area is 194 Å². The van der Waals surface area contributed by atoms with Crippen molar-refractivity contribution in [1.29, 1.82) is 0 Å². The summed E-state index contributed by atoms with van der Waals surface area (Å²) in [6, 6.07) is 13.1. The number of likely N-dealkylation sites (tertiary alicyclic amines) is 1. The third-order valence-electron chi connectivity index (χ3n) is 6.05. The number of fused-ring (bicyclic) bond motifs is 2. The predicted molar refractivity (Wildman–Crippen MR) is 125 cm³/mol. The van der Waals surface area contributed by atoms with Gasteiger partial charge >= 0.3 is 0 Å². The lowest BCUT2D eigenvalue weighted by atomic mass is 9.97. The van der Waals surface area contributed by atoms with Crippen molar-refractivity contribution >= 4 is 50.7 Å². The zero-order valence-electron chi connectivity index (χ0n) is 17.4. The minimum absolute atomic E-state index is 0.0555. The van der Waals surface area contributed by atoms with Gasteiger partial charge in [0.05, 0.1) is 34.0 Å². The molecule has 1 fully saturated rings. The summed E-state index contributed by atoms with van der Waals surface area (Å²) in [7, 11) is 0. The highest BCUT2D eigenvalue weighted by Gasteiger charge is 2.34. The Morgan fingerprint density at radius 3 is 2.75 bits per heavy atom. The number of anilines is 1. The number of piperidine rings is 1. The summed E-state index contributed by atoms with van der Waals surface area (Å²) in [6.45, 7) is 2.06. The molecule has 9 heteroatoms. The summed E-state index contributed by atoms with van der Waals surface area (Å²) in [5, 5.41) is 1.84. The fourth-order valence-electron chi connectivity index (χ4n) is 4.33. The summed E-state index contributed by atoms with van der Waals surface area (Å²) < 4.78 is 6.81. The van der Waals surface area contributed by atoms with Gasteiger partial charge in [0.25, 0.3) is 5.91 Å². The number of rotatable bonds is 4. The predicted octanol–water partition coefficient (Wildman–Crippen LogP) is 3.41. The number of carbonyl (C=O) groups excluding carboxylic acids is 2. The summed E-state index contributed by atoms with van der Waals surface area (Å²) >= 11 is 7.82. The molecular formula is C23H23ClN4O3S. The fourth-order valence-corrected chi connectivity index (χ4v) is 5.61. The normalized spacial score (nSPS) is 19.5. The first-order chi connectivity index (χ1) is 15.5. The van der Waals surface area contributed by atoms with Crippen LogP contribution in [0.15, 0.2) is 42.5 Å². The molecule has 2 aliphatic rings. The van der Waals surface area contributed by atoms with Crippen molar-refractivity contribution in [3.8, 4) is 5.75 Å². The van der Waals surface area contributed by atoms with Crippen LogP contribution in [0.25, 0.3) is 10.2 Å². The molecule has 32 heavy (non-hydrogen) atoms. The third-order valence-corrected chi connectivity index (χ3v) is 7.49. The average Bonchev–Trinajstić information content (AvgIpc) is 3.22. The molecule has 166 valence electrons. The van der Waals surface area contributed by atoms with Gasteiger partial charge in [-0.1, -0.05) is 23.7 Å². The maximum atomic E-state index is 13.2. The molecule has 0 aliphatic carbocycles. The van der Waals surface area contributed by atoms with Gasteiger partial charge in [0.15, 0.2) is 6.10 Å². The number of hydrogen-bond donors (Lipinski definition) is 1.